The van der Waals surface area contributed by atoms with Crippen molar-refractivity contribution < 1.29 is 19.4 Å². The first-order valence-electron chi connectivity index (χ1n) is 7.88. The molecule has 1 aromatic rings. The molecule has 5 nitrogen and oxygen atoms in total. The zero-order valence-corrected chi connectivity index (χ0v) is 14.3. The lowest BCUT2D eigenvalue weighted by atomic mass is 9.98. The van der Waals surface area contributed by atoms with E-state index in [4.69, 9.17) is 9.84 Å². The molecule has 126 valence electrons. The number of carbonyl (C=O) groups excluding carboxylic acids is 1. The van der Waals surface area contributed by atoms with E-state index in [0.717, 1.165) is 5.56 Å². The number of amides is 1. The maximum atomic E-state index is 12.5. The first-order chi connectivity index (χ1) is 10.6. The van der Waals surface area contributed by atoms with Gasteiger partial charge in [0.2, 0.25) is 5.91 Å². The van der Waals surface area contributed by atoms with Crippen molar-refractivity contribution in [1.82, 2.24) is 4.90 Å². The Kier molecular flexibility index (Phi) is 4.80. The maximum absolute atomic E-state index is 12.5. The normalized spacial score (nSPS) is 19.4. The van der Waals surface area contributed by atoms with E-state index >= 15 is 0 Å². The molecule has 0 saturated carbocycles. The summed E-state index contributed by atoms with van der Waals surface area (Å²) in [6.45, 7) is 9.18. The highest BCUT2D eigenvalue weighted by atomic mass is 16.5. The lowest BCUT2D eigenvalue weighted by Gasteiger charge is -2.47. The van der Waals surface area contributed by atoms with Crippen LogP contribution in [0.3, 0.4) is 0 Å². The molecular formula is C18H25NO4. The van der Waals surface area contributed by atoms with Crippen LogP contribution in [0.5, 0.6) is 0 Å². The predicted molar refractivity (Wildman–Crippen MR) is 87.5 cm³/mol. The van der Waals surface area contributed by atoms with Crippen LogP contribution in [-0.2, 0) is 16.0 Å². The Bertz CT molecular complexity index is 574. The van der Waals surface area contributed by atoms with Gasteiger partial charge >= 0.3 is 5.97 Å². The third-order valence-corrected chi connectivity index (χ3v) is 3.88. The summed E-state index contributed by atoms with van der Waals surface area (Å²) in [6.07, 6.45) is 1.02. The SMILES string of the molecule is CC1(C)CN(C(=O)CCc2ccc(C(=O)O)cc2)CC(C)(C)O1. The van der Waals surface area contributed by atoms with Crippen molar-refractivity contribution in [2.24, 2.45) is 0 Å². The van der Waals surface area contributed by atoms with Gasteiger partial charge < -0.3 is 14.7 Å². The number of aryl methyl sites for hydroxylation is 1. The number of rotatable bonds is 4. The molecule has 1 saturated heterocycles. The molecule has 1 heterocycles. The van der Waals surface area contributed by atoms with Gasteiger partial charge in [-0.15, -0.1) is 0 Å². The molecular weight excluding hydrogens is 294 g/mol. The number of carboxylic acid groups (broad SMARTS) is 1. The number of hydrogen-bond donors (Lipinski definition) is 1. The van der Waals surface area contributed by atoms with E-state index in [0.29, 0.717) is 25.9 Å². The van der Waals surface area contributed by atoms with Gasteiger partial charge in [-0.25, -0.2) is 4.79 Å². The second-order valence-electron chi connectivity index (χ2n) is 7.37. The van der Waals surface area contributed by atoms with Crippen LogP contribution < -0.4 is 0 Å². The second kappa shape index (κ2) is 6.32. The van der Waals surface area contributed by atoms with Crippen molar-refractivity contribution in [2.45, 2.75) is 51.7 Å². The molecule has 0 aliphatic carbocycles. The molecule has 1 amide bonds. The average molecular weight is 319 g/mol. The van der Waals surface area contributed by atoms with E-state index < -0.39 is 5.97 Å². The maximum Gasteiger partial charge on any atom is 0.335 e. The number of hydrogen-bond acceptors (Lipinski definition) is 3. The van der Waals surface area contributed by atoms with Gasteiger partial charge in [0, 0.05) is 19.5 Å². The molecule has 0 aromatic heterocycles. The number of morpholine rings is 1. The monoisotopic (exact) mass is 319 g/mol. The molecule has 0 unspecified atom stereocenters. The van der Waals surface area contributed by atoms with Crippen molar-refractivity contribution >= 4 is 11.9 Å². The molecule has 2 rings (SSSR count). The molecule has 1 fully saturated rings. The Morgan fingerprint density at radius 1 is 1.09 bits per heavy atom. The molecule has 1 aliphatic heterocycles. The zero-order chi connectivity index (χ0) is 17.3. The lowest BCUT2D eigenvalue weighted by molar-refractivity contribution is -0.187. The number of ether oxygens (including phenoxy) is 1. The lowest BCUT2D eigenvalue weighted by Crippen LogP contribution is -2.58. The van der Waals surface area contributed by atoms with Gasteiger partial charge in [0.05, 0.1) is 16.8 Å². The number of benzene rings is 1. The number of nitrogens with zero attached hydrogens (tertiary/aromatic N) is 1. The van der Waals surface area contributed by atoms with Gasteiger partial charge in [-0.3, -0.25) is 4.79 Å². The fourth-order valence-corrected chi connectivity index (χ4v) is 3.19. The minimum atomic E-state index is -0.939. The zero-order valence-electron chi connectivity index (χ0n) is 14.3. The van der Waals surface area contributed by atoms with Crippen LogP contribution in [0.25, 0.3) is 0 Å². The third kappa shape index (κ3) is 4.79. The van der Waals surface area contributed by atoms with Crippen molar-refractivity contribution in [3.05, 3.63) is 35.4 Å². The second-order valence-corrected chi connectivity index (χ2v) is 7.37. The van der Waals surface area contributed by atoms with Gasteiger partial charge in [0.1, 0.15) is 0 Å². The fraction of sp³-hybridized carbons (Fsp3) is 0.556. The highest BCUT2D eigenvalue weighted by molar-refractivity contribution is 5.87. The Hall–Kier alpha value is -1.88. The summed E-state index contributed by atoms with van der Waals surface area (Å²) < 4.78 is 5.99. The van der Waals surface area contributed by atoms with Gasteiger partial charge in [-0.1, -0.05) is 12.1 Å². The quantitative estimate of drug-likeness (QED) is 0.926. The number of carbonyl (C=O) groups is 2. The summed E-state index contributed by atoms with van der Waals surface area (Å²) in [5, 5.41) is 8.89. The van der Waals surface area contributed by atoms with Crippen molar-refractivity contribution in [3.63, 3.8) is 0 Å². The van der Waals surface area contributed by atoms with E-state index in [1.165, 1.54) is 0 Å². The summed E-state index contributed by atoms with van der Waals surface area (Å²) in [4.78, 5) is 25.2. The minimum Gasteiger partial charge on any atom is -0.478 e. The van der Waals surface area contributed by atoms with Gasteiger partial charge in [0.15, 0.2) is 0 Å². The van der Waals surface area contributed by atoms with Gasteiger partial charge in [-0.2, -0.15) is 0 Å². The fourth-order valence-electron chi connectivity index (χ4n) is 3.19. The highest BCUT2D eigenvalue weighted by Crippen LogP contribution is 2.28. The smallest absolute Gasteiger partial charge is 0.335 e. The average Bonchev–Trinajstić information content (AvgIpc) is 2.41. The summed E-state index contributed by atoms with van der Waals surface area (Å²) in [5.41, 5.74) is 0.535. The third-order valence-electron chi connectivity index (χ3n) is 3.88. The predicted octanol–water partition coefficient (Wildman–Crippen LogP) is 2.73. The Labute approximate surface area is 137 Å². The van der Waals surface area contributed by atoms with Crippen molar-refractivity contribution in [3.8, 4) is 0 Å². The number of carboxylic acids is 1. The molecule has 0 bridgehead atoms. The molecule has 23 heavy (non-hydrogen) atoms. The largest absolute Gasteiger partial charge is 0.478 e. The minimum absolute atomic E-state index is 0.108. The number of aromatic carboxylic acids is 1. The first kappa shape index (κ1) is 17.5. The van der Waals surface area contributed by atoms with E-state index in [1.54, 1.807) is 24.3 Å². The van der Waals surface area contributed by atoms with Crippen molar-refractivity contribution in [2.75, 3.05) is 13.1 Å². The topological polar surface area (TPSA) is 66.8 Å². The molecule has 5 heteroatoms. The highest BCUT2D eigenvalue weighted by Gasteiger charge is 2.39. The van der Waals surface area contributed by atoms with Crippen LogP contribution in [-0.4, -0.2) is 46.2 Å². The summed E-state index contributed by atoms with van der Waals surface area (Å²) in [6, 6.07) is 6.68. The molecule has 1 aromatic carbocycles. The molecule has 0 radical (unpaired) electrons. The van der Waals surface area contributed by atoms with Crippen LogP contribution in [0.4, 0.5) is 0 Å². The summed E-state index contributed by atoms with van der Waals surface area (Å²) >= 11 is 0. The van der Waals surface area contributed by atoms with E-state index in [1.807, 2.05) is 32.6 Å². The Morgan fingerprint density at radius 3 is 2.09 bits per heavy atom. The molecule has 1 aliphatic rings. The van der Waals surface area contributed by atoms with Gasteiger partial charge in [0.25, 0.3) is 0 Å². The first-order valence-corrected chi connectivity index (χ1v) is 7.88. The van der Waals surface area contributed by atoms with Crippen LogP contribution in [0, 0.1) is 0 Å². The van der Waals surface area contributed by atoms with Crippen LogP contribution in [0.15, 0.2) is 24.3 Å². The summed E-state index contributed by atoms with van der Waals surface area (Å²) in [5.74, 6) is -0.831. The van der Waals surface area contributed by atoms with E-state index in [2.05, 4.69) is 0 Å². The van der Waals surface area contributed by atoms with Crippen LogP contribution in [0.2, 0.25) is 0 Å². The molecule has 1 N–H and O–H groups in total. The Morgan fingerprint density at radius 2 is 1.61 bits per heavy atom. The standard InChI is InChI=1S/C18H25NO4/c1-17(2)11-19(12-18(3,4)23-17)15(20)10-7-13-5-8-14(9-6-13)16(21)22/h5-6,8-9H,7,10-12H2,1-4H3,(H,21,22). The van der Waals surface area contributed by atoms with Gasteiger partial charge in [-0.05, 0) is 51.8 Å². The summed E-state index contributed by atoms with van der Waals surface area (Å²) in [7, 11) is 0. The van der Waals surface area contributed by atoms with E-state index in [9.17, 15) is 9.59 Å². The van der Waals surface area contributed by atoms with Crippen LogP contribution >= 0.6 is 0 Å². The Balaban J connectivity index is 1.95. The van der Waals surface area contributed by atoms with Crippen LogP contribution in [0.1, 0.15) is 50.0 Å². The van der Waals surface area contributed by atoms with E-state index in [-0.39, 0.29) is 22.7 Å². The molecule has 0 spiro atoms. The van der Waals surface area contributed by atoms with Crippen molar-refractivity contribution in [1.29, 1.82) is 0 Å². The molecule has 0 atom stereocenters.